The zero-order valence-electron chi connectivity index (χ0n) is 17.8. The first-order valence-corrected chi connectivity index (χ1v) is 9.93. The molecule has 2 heterocycles. The minimum Gasteiger partial charge on any atom is -0.431 e. The average Bonchev–Trinajstić information content (AvgIpc) is 3.19. The van der Waals surface area contributed by atoms with Crippen LogP contribution in [0.2, 0.25) is 0 Å². The quantitative estimate of drug-likeness (QED) is 0.325. The first-order chi connectivity index (χ1) is 15.7. The van der Waals surface area contributed by atoms with E-state index in [9.17, 15) is 29.6 Å². The molecule has 4 atom stereocenters. The number of hydrogen-bond donors (Lipinski definition) is 2. The summed E-state index contributed by atoms with van der Waals surface area (Å²) in [4.78, 5) is 48.7. The highest BCUT2D eigenvalue weighted by molar-refractivity contribution is 5.60. The van der Waals surface area contributed by atoms with Gasteiger partial charge in [-0.1, -0.05) is 12.1 Å². The number of nitro groups is 1. The van der Waals surface area contributed by atoms with Crippen molar-refractivity contribution in [1.82, 2.24) is 9.55 Å². The first kappa shape index (κ1) is 24.1. The Labute approximate surface area is 186 Å². The highest BCUT2D eigenvalue weighted by Gasteiger charge is 2.39. The van der Waals surface area contributed by atoms with Crippen LogP contribution < -0.4 is 11.2 Å². The molecule has 0 aliphatic carbocycles. The Bertz CT molecular complexity index is 1130. The van der Waals surface area contributed by atoms with Gasteiger partial charge in [-0.3, -0.25) is 24.5 Å². The molecule has 178 valence electrons. The van der Waals surface area contributed by atoms with Gasteiger partial charge in [-0.05, 0) is 13.0 Å². The maximum absolute atomic E-state index is 12.3. The monoisotopic (exact) mass is 465 g/mol. The van der Waals surface area contributed by atoms with Crippen molar-refractivity contribution in [1.29, 1.82) is 0 Å². The van der Waals surface area contributed by atoms with Crippen LogP contribution in [0, 0.1) is 17.0 Å². The van der Waals surface area contributed by atoms with Gasteiger partial charge in [-0.25, -0.2) is 9.59 Å². The number of methoxy groups -OCH3 is 1. The number of ether oxygens (including phenoxy) is 4. The maximum Gasteiger partial charge on any atom is 0.508 e. The van der Waals surface area contributed by atoms with Crippen molar-refractivity contribution in [3.05, 3.63) is 72.5 Å². The number of aromatic nitrogens is 2. The molecule has 2 aromatic rings. The summed E-state index contributed by atoms with van der Waals surface area (Å²) >= 11 is 0. The van der Waals surface area contributed by atoms with Crippen LogP contribution in [0.3, 0.4) is 0 Å². The Morgan fingerprint density at radius 3 is 2.79 bits per heavy atom. The summed E-state index contributed by atoms with van der Waals surface area (Å²) in [5.41, 5.74) is -0.917. The number of hydrogen-bond acceptors (Lipinski definition) is 10. The van der Waals surface area contributed by atoms with E-state index >= 15 is 0 Å². The molecule has 13 nitrogen and oxygen atoms in total. The minimum atomic E-state index is -1.10. The molecule has 1 saturated heterocycles. The number of para-hydroxylation sites is 1. The van der Waals surface area contributed by atoms with E-state index in [2.05, 4.69) is 4.98 Å². The number of aromatic amines is 1. The Balaban J connectivity index is 1.65. The normalized spacial score (nSPS) is 20.9. The van der Waals surface area contributed by atoms with Crippen molar-refractivity contribution in [2.75, 3.05) is 20.3 Å². The summed E-state index contributed by atoms with van der Waals surface area (Å²) in [7, 11) is 1.32. The van der Waals surface area contributed by atoms with E-state index in [1.165, 1.54) is 38.4 Å². The fourth-order valence-corrected chi connectivity index (χ4v) is 3.47. The van der Waals surface area contributed by atoms with Crippen LogP contribution in [-0.4, -0.2) is 58.3 Å². The minimum absolute atomic E-state index is 0.0174. The molecule has 2 unspecified atom stereocenters. The number of benzene rings is 1. The standard InChI is InChI=1S/C20H23N3O10/c1-11-8-22(19(26)21-18(11)25)17-7-14(15(9-24)32-17)33-20(27)31-10-16(30-2)12-5-3-4-6-13(12)23(28)29/h3-6,8,14-17,24H,7,9-10H2,1-2H3,(H,21,25,26)/t14?,15-,16?,17-/m1/s1. The molecule has 1 aromatic carbocycles. The molecule has 1 aromatic heterocycles. The number of carbonyl (C=O) groups excluding carboxylic acids is 1. The number of aliphatic hydroxyl groups excluding tert-OH is 1. The summed E-state index contributed by atoms with van der Waals surface area (Å²) in [6.07, 6.45) is -3.45. The van der Waals surface area contributed by atoms with Crippen LogP contribution >= 0.6 is 0 Å². The molecule has 0 spiro atoms. The molecule has 0 radical (unpaired) electrons. The number of carbonyl (C=O) groups is 1. The van der Waals surface area contributed by atoms with E-state index in [4.69, 9.17) is 18.9 Å². The molecule has 3 rings (SSSR count). The van der Waals surface area contributed by atoms with Crippen LogP contribution in [0.5, 0.6) is 0 Å². The summed E-state index contributed by atoms with van der Waals surface area (Å²) in [5.74, 6) is 0. The largest absolute Gasteiger partial charge is 0.508 e. The van der Waals surface area contributed by atoms with Gasteiger partial charge in [-0.15, -0.1) is 0 Å². The van der Waals surface area contributed by atoms with Crippen molar-refractivity contribution < 1.29 is 33.8 Å². The summed E-state index contributed by atoms with van der Waals surface area (Å²) < 4.78 is 22.3. The number of rotatable bonds is 8. The summed E-state index contributed by atoms with van der Waals surface area (Å²) in [6.45, 7) is 0.657. The Morgan fingerprint density at radius 1 is 1.39 bits per heavy atom. The number of nitro benzene ring substituents is 1. The molecule has 0 saturated carbocycles. The second-order valence-electron chi connectivity index (χ2n) is 7.28. The van der Waals surface area contributed by atoms with Crippen molar-refractivity contribution >= 4 is 11.8 Å². The van der Waals surface area contributed by atoms with Crippen LogP contribution in [0.4, 0.5) is 10.5 Å². The van der Waals surface area contributed by atoms with E-state index in [1.54, 1.807) is 6.07 Å². The third-order valence-corrected chi connectivity index (χ3v) is 5.18. The van der Waals surface area contributed by atoms with Crippen molar-refractivity contribution in [2.45, 2.75) is 37.9 Å². The predicted octanol–water partition coefficient (Wildman–Crippen LogP) is 0.943. The van der Waals surface area contributed by atoms with Gasteiger partial charge in [0.2, 0.25) is 0 Å². The fourth-order valence-electron chi connectivity index (χ4n) is 3.47. The second-order valence-corrected chi connectivity index (χ2v) is 7.28. The van der Waals surface area contributed by atoms with Gasteiger partial charge >= 0.3 is 11.8 Å². The van der Waals surface area contributed by atoms with Gasteiger partial charge in [0, 0.05) is 31.4 Å². The van der Waals surface area contributed by atoms with Gasteiger partial charge in [0.1, 0.15) is 31.1 Å². The number of H-pyrrole nitrogens is 1. The van der Waals surface area contributed by atoms with Crippen molar-refractivity contribution in [3.8, 4) is 0 Å². The van der Waals surface area contributed by atoms with E-state index in [0.29, 0.717) is 0 Å². The molecule has 2 N–H and O–H groups in total. The van der Waals surface area contributed by atoms with Crippen molar-refractivity contribution in [3.63, 3.8) is 0 Å². The number of aryl methyl sites for hydroxylation is 1. The first-order valence-electron chi connectivity index (χ1n) is 9.93. The number of aliphatic hydroxyl groups is 1. The van der Waals surface area contributed by atoms with Gasteiger partial charge in [0.15, 0.2) is 0 Å². The molecule has 13 heteroatoms. The molecule has 1 aliphatic heterocycles. The van der Waals surface area contributed by atoms with Crippen molar-refractivity contribution in [2.24, 2.45) is 0 Å². The van der Waals surface area contributed by atoms with Crippen LogP contribution in [0.15, 0.2) is 40.1 Å². The maximum atomic E-state index is 12.3. The Hall–Kier alpha value is -3.55. The van der Waals surface area contributed by atoms with Crippen LogP contribution in [0.25, 0.3) is 0 Å². The molecular formula is C20H23N3O10. The number of nitrogens with zero attached hydrogens (tertiary/aromatic N) is 2. The second kappa shape index (κ2) is 10.4. The lowest BCUT2D eigenvalue weighted by Gasteiger charge is -2.18. The van der Waals surface area contributed by atoms with Gasteiger partial charge in [-0.2, -0.15) is 0 Å². The summed E-state index contributed by atoms with van der Waals surface area (Å²) in [5, 5.41) is 20.8. The number of nitrogens with one attached hydrogen (secondary N) is 1. The zero-order chi connectivity index (χ0) is 24.1. The average molecular weight is 465 g/mol. The highest BCUT2D eigenvalue weighted by Crippen LogP contribution is 2.31. The molecule has 0 amide bonds. The zero-order valence-corrected chi connectivity index (χ0v) is 17.8. The lowest BCUT2D eigenvalue weighted by molar-refractivity contribution is -0.386. The van der Waals surface area contributed by atoms with E-state index in [0.717, 1.165) is 4.57 Å². The third kappa shape index (κ3) is 5.45. The molecule has 1 fully saturated rings. The Morgan fingerprint density at radius 2 is 2.12 bits per heavy atom. The van der Waals surface area contributed by atoms with Gasteiger partial charge in [0.25, 0.3) is 11.2 Å². The fraction of sp³-hybridized carbons (Fsp3) is 0.450. The van der Waals surface area contributed by atoms with Gasteiger partial charge in [0.05, 0.1) is 17.1 Å². The van der Waals surface area contributed by atoms with Gasteiger partial charge < -0.3 is 24.1 Å². The SMILES string of the molecule is COC(COC(=O)OC1C[C@H](n2cc(C)c(=O)[nH]c2=O)O[C@@H]1CO)c1ccccc1[N+](=O)[O-]. The lowest BCUT2D eigenvalue weighted by Crippen LogP contribution is -2.33. The molecule has 33 heavy (non-hydrogen) atoms. The van der Waals surface area contributed by atoms with E-state index in [1.807, 2.05) is 0 Å². The van der Waals surface area contributed by atoms with Crippen LogP contribution in [-0.2, 0) is 18.9 Å². The van der Waals surface area contributed by atoms with E-state index in [-0.39, 0.29) is 29.8 Å². The smallest absolute Gasteiger partial charge is 0.431 e. The predicted molar refractivity (Wildman–Crippen MR) is 111 cm³/mol. The topological polar surface area (TPSA) is 172 Å². The lowest BCUT2D eigenvalue weighted by atomic mass is 10.1. The molecule has 0 bridgehead atoms. The van der Waals surface area contributed by atoms with E-state index < -0.39 is 53.5 Å². The van der Waals surface area contributed by atoms with Crippen LogP contribution in [0.1, 0.15) is 29.9 Å². The summed E-state index contributed by atoms with van der Waals surface area (Å²) in [6, 6.07) is 5.89. The third-order valence-electron chi connectivity index (χ3n) is 5.18. The molecular weight excluding hydrogens is 442 g/mol. The molecule has 1 aliphatic rings. The Kier molecular flexibility index (Phi) is 7.58. The highest BCUT2D eigenvalue weighted by atomic mass is 16.7.